The Hall–Kier alpha value is -1.57. The number of nitrogens with zero attached hydrogens (tertiary/aromatic N) is 1. The molecule has 0 bridgehead atoms. The van der Waals surface area contributed by atoms with E-state index in [9.17, 15) is 14.7 Å². The summed E-state index contributed by atoms with van der Waals surface area (Å²) in [5.74, 6) is -1.52. The van der Waals surface area contributed by atoms with E-state index in [1.807, 2.05) is 0 Å². The molecule has 0 spiro atoms. The zero-order chi connectivity index (χ0) is 18.8. The molecule has 3 atom stereocenters. The number of aliphatic hydroxyl groups is 1. The van der Waals surface area contributed by atoms with Gasteiger partial charge in [-0.1, -0.05) is 26.3 Å². The normalized spacial score (nSPS) is 28.9. The molecule has 1 N–H and O–H groups in total. The van der Waals surface area contributed by atoms with Gasteiger partial charge in [-0.05, 0) is 19.8 Å². The maximum absolute atomic E-state index is 12.6. The lowest BCUT2D eigenvalue weighted by Gasteiger charge is -2.42. The molecule has 0 aliphatic carbocycles. The number of amides is 1. The Morgan fingerprint density at radius 2 is 2.16 bits per heavy atom. The third kappa shape index (κ3) is 3.54. The molecule has 2 aliphatic rings. The number of unbranched alkanes of at least 4 members (excludes halogenated alkanes) is 2. The number of esters is 1. The lowest BCUT2D eigenvalue weighted by Crippen LogP contribution is -2.56. The van der Waals surface area contributed by atoms with Crippen LogP contribution < -0.4 is 0 Å². The molecule has 0 aromatic carbocycles. The zero-order valence-corrected chi connectivity index (χ0v) is 15.5. The highest BCUT2D eigenvalue weighted by atomic mass is 35.5. The van der Waals surface area contributed by atoms with Crippen molar-refractivity contribution >= 4 is 23.5 Å². The van der Waals surface area contributed by atoms with E-state index in [1.165, 1.54) is 14.0 Å². The fourth-order valence-corrected chi connectivity index (χ4v) is 3.19. The average molecular weight is 374 g/mol. The van der Waals surface area contributed by atoms with Gasteiger partial charge in [-0.15, -0.1) is 11.6 Å². The molecule has 2 heterocycles. The predicted octanol–water partition coefficient (Wildman–Crippen LogP) is 2.04. The van der Waals surface area contributed by atoms with E-state index in [-0.39, 0.29) is 22.9 Å². The molecule has 2 rings (SSSR count). The average Bonchev–Trinajstić information content (AvgIpc) is 2.81. The molecule has 0 aromatic heterocycles. The first-order valence-corrected chi connectivity index (χ1v) is 8.79. The number of hydroxylamine groups is 2. The molecule has 0 saturated heterocycles. The van der Waals surface area contributed by atoms with Crippen molar-refractivity contribution in [3.63, 3.8) is 0 Å². The summed E-state index contributed by atoms with van der Waals surface area (Å²) < 4.78 is 11.2. The molecule has 2 aliphatic heterocycles. The number of carbonyl (C=O) groups is 2. The van der Waals surface area contributed by atoms with Crippen LogP contribution >= 0.6 is 11.6 Å². The summed E-state index contributed by atoms with van der Waals surface area (Å²) in [6, 6.07) is 0. The highest BCUT2D eigenvalue weighted by Gasteiger charge is 2.56. The van der Waals surface area contributed by atoms with E-state index in [0.717, 1.165) is 24.3 Å². The van der Waals surface area contributed by atoms with Crippen LogP contribution in [-0.2, 0) is 23.9 Å². The largest absolute Gasteiger partial charge is 0.484 e. The second-order valence-electron chi connectivity index (χ2n) is 6.30. The Labute approximate surface area is 152 Å². The lowest BCUT2D eigenvalue weighted by molar-refractivity contribution is -0.181. The Kier molecular flexibility index (Phi) is 6.13. The van der Waals surface area contributed by atoms with Crippen molar-refractivity contribution in [2.24, 2.45) is 0 Å². The summed E-state index contributed by atoms with van der Waals surface area (Å²) >= 11 is 5.53. The van der Waals surface area contributed by atoms with Crippen molar-refractivity contribution in [2.45, 2.75) is 57.3 Å². The van der Waals surface area contributed by atoms with E-state index in [0.29, 0.717) is 6.42 Å². The van der Waals surface area contributed by atoms with Crippen molar-refractivity contribution in [2.75, 3.05) is 13.0 Å². The Balaban J connectivity index is 2.41. The Bertz CT molecular complexity index is 600. The number of hydrogen-bond acceptors (Lipinski definition) is 6. The maximum atomic E-state index is 12.6. The van der Waals surface area contributed by atoms with Gasteiger partial charge in [-0.2, -0.15) is 5.06 Å². The van der Waals surface area contributed by atoms with Crippen LogP contribution in [0.1, 0.15) is 39.5 Å². The van der Waals surface area contributed by atoms with Crippen molar-refractivity contribution in [1.29, 1.82) is 0 Å². The second-order valence-corrected chi connectivity index (χ2v) is 6.57. The summed E-state index contributed by atoms with van der Waals surface area (Å²) in [4.78, 5) is 29.4. The minimum absolute atomic E-state index is 0.0158. The van der Waals surface area contributed by atoms with Gasteiger partial charge < -0.3 is 14.6 Å². The van der Waals surface area contributed by atoms with E-state index >= 15 is 0 Å². The van der Waals surface area contributed by atoms with Crippen molar-refractivity contribution in [3.8, 4) is 0 Å². The quantitative estimate of drug-likeness (QED) is 0.417. The van der Waals surface area contributed by atoms with Crippen LogP contribution in [-0.4, -0.2) is 52.8 Å². The number of carbonyl (C=O) groups excluding carboxylic acids is 2. The summed E-state index contributed by atoms with van der Waals surface area (Å²) in [7, 11) is 1.32. The summed E-state index contributed by atoms with van der Waals surface area (Å²) in [6.45, 7) is 7.36. The molecular weight excluding hydrogens is 350 g/mol. The maximum Gasteiger partial charge on any atom is 0.321 e. The first kappa shape index (κ1) is 19.8. The van der Waals surface area contributed by atoms with Crippen molar-refractivity contribution in [1.82, 2.24) is 5.06 Å². The Morgan fingerprint density at radius 3 is 2.72 bits per heavy atom. The van der Waals surface area contributed by atoms with Crippen LogP contribution in [0.15, 0.2) is 23.6 Å². The minimum atomic E-state index is -1.59. The minimum Gasteiger partial charge on any atom is -0.484 e. The number of rotatable bonds is 7. The predicted molar refractivity (Wildman–Crippen MR) is 90.3 cm³/mol. The van der Waals surface area contributed by atoms with Crippen LogP contribution in [0.2, 0.25) is 0 Å². The number of ether oxygens (including phenoxy) is 2. The van der Waals surface area contributed by atoms with E-state index in [1.54, 1.807) is 0 Å². The van der Waals surface area contributed by atoms with Gasteiger partial charge in [-0.3, -0.25) is 14.4 Å². The smallest absolute Gasteiger partial charge is 0.321 e. The SMILES string of the molecule is C=C1C2=C(C(=O)N1OC)[C@H](OC(=O)CCl)[C@@](C)(O)[C@H](CCCCC)O2. The topological polar surface area (TPSA) is 85.3 Å². The molecule has 0 saturated carbocycles. The molecule has 0 unspecified atom stereocenters. The van der Waals surface area contributed by atoms with E-state index in [4.69, 9.17) is 25.9 Å². The van der Waals surface area contributed by atoms with Gasteiger partial charge >= 0.3 is 5.97 Å². The van der Waals surface area contributed by atoms with Gasteiger partial charge in [0, 0.05) is 0 Å². The van der Waals surface area contributed by atoms with Crippen LogP contribution in [0.3, 0.4) is 0 Å². The lowest BCUT2D eigenvalue weighted by atomic mass is 9.82. The highest BCUT2D eigenvalue weighted by molar-refractivity contribution is 6.26. The van der Waals surface area contributed by atoms with Gasteiger partial charge in [0.15, 0.2) is 11.9 Å². The molecular formula is C17H24ClNO6. The number of halogens is 1. The van der Waals surface area contributed by atoms with E-state index in [2.05, 4.69) is 13.5 Å². The number of alkyl halides is 1. The highest BCUT2D eigenvalue weighted by Crippen LogP contribution is 2.44. The van der Waals surface area contributed by atoms with Crippen LogP contribution in [0.4, 0.5) is 0 Å². The van der Waals surface area contributed by atoms with Crippen molar-refractivity contribution in [3.05, 3.63) is 23.6 Å². The molecule has 25 heavy (non-hydrogen) atoms. The van der Waals surface area contributed by atoms with E-state index < -0.39 is 29.7 Å². The molecule has 0 radical (unpaired) electrons. The number of hydrogen-bond donors (Lipinski definition) is 1. The monoisotopic (exact) mass is 373 g/mol. The Morgan fingerprint density at radius 1 is 1.48 bits per heavy atom. The molecule has 1 amide bonds. The fourth-order valence-electron chi connectivity index (χ4n) is 3.13. The zero-order valence-electron chi connectivity index (χ0n) is 14.7. The summed E-state index contributed by atoms with van der Waals surface area (Å²) in [6.07, 6.45) is 1.48. The molecule has 0 aromatic rings. The van der Waals surface area contributed by atoms with Gasteiger partial charge in [-0.25, -0.2) is 0 Å². The van der Waals surface area contributed by atoms with Crippen LogP contribution in [0.25, 0.3) is 0 Å². The molecule has 0 fully saturated rings. The summed E-state index contributed by atoms with van der Waals surface area (Å²) in [5.41, 5.74) is -1.36. The fraction of sp³-hybridized carbons (Fsp3) is 0.647. The third-order valence-electron chi connectivity index (χ3n) is 4.48. The van der Waals surface area contributed by atoms with Gasteiger partial charge in [0.25, 0.3) is 5.91 Å². The first-order valence-electron chi connectivity index (χ1n) is 8.26. The molecule has 8 heteroatoms. The standard InChI is InChI=1S/C17H24ClNO6/c1-5-6-7-8-11-17(3,22)15(25-12(20)9-18)13-14(24-11)10(2)19(23-4)16(13)21/h11,15,22H,2,5-9H2,1,3-4H3/t11-,15-,17-/m0/s1. The third-order valence-corrected chi connectivity index (χ3v) is 4.70. The second kappa shape index (κ2) is 7.76. The van der Waals surface area contributed by atoms with Crippen LogP contribution in [0.5, 0.6) is 0 Å². The molecule has 7 nitrogen and oxygen atoms in total. The first-order chi connectivity index (χ1) is 11.8. The van der Waals surface area contributed by atoms with Crippen LogP contribution in [0, 0.1) is 0 Å². The van der Waals surface area contributed by atoms with Crippen molar-refractivity contribution < 1.29 is 29.0 Å². The summed E-state index contributed by atoms with van der Waals surface area (Å²) in [5, 5.41) is 12.0. The molecule has 140 valence electrons. The van der Waals surface area contributed by atoms with Gasteiger partial charge in [0.2, 0.25) is 0 Å². The van der Waals surface area contributed by atoms with Gasteiger partial charge in [0.05, 0.1) is 7.11 Å². The van der Waals surface area contributed by atoms with Gasteiger partial charge in [0.1, 0.15) is 28.9 Å².